The predicted octanol–water partition coefficient (Wildman–Crippen LogP) is 4.04. The van der Waals surface area contributed by atoms with Gasteiger partial charge in [0.25, 0.3) is 0 Å². The van der Waals surface area contributed by atoms with Gasteiger partial charge in [-0.1, -0.05) is 13.0 Å². The second-order valence-electron chi connectivity index (χ2n) is 6.85. The van der Waals surface area contributed by atoms with Crippen molar-refractivity contribution in [1.82, 2.24) is 15.0 Å². The second-order valence-corrected chi connectivity index (χ2v) is 6.85. The maximum atomic E-state index is 11.5. The van der Waals surface area contributed by atoms with Crippen molar-refractivity contribution in [2.45, 2.75) is 32.8 Å². The molecule has 4 rings (SSSR count). The Morgan fingerprint density at radius 1 is 1.27 bits per heavy atom. The molecule has 0 aliphatic heterocycles. The lowest BCUT2D eigenvalue weighted by molar-refractivity contribution is 0.0942. The van der Waals surface area contributed by atoms with E-state index in [1.807, 2.05) is 18.3 Å². The SMILES string of the molecule is CCc1cc(C)c2[nH]ccc2c1C(C)(O)c1nc2cc(C#N)ccc2[nH]1. The standard InChI is InChI=1S/C21H20N4O/c1-4-14-9-12(2)19-15(7-8-23-19)18(14)21(3,26)20-24-16-6-5-13(11-22)10-17(16)25-20/h5-10,23,26H,4H2,1-3H3,(H,24,25). The predicted molar refractivity (Wildman–Crippen MR) is 102 cm³/mol. The Kier molecular flexibility index (Phi) is 3.60. The molecule has 0 spiro atoms. The molecule has 4 aromatic rings. The van der Waals surface area contributed by atoms with Crippen LogP contribution in [0.3, 0.4) is 0 Å². The topological polar surface area (TPSA) is 88.5 Å². The van der Waals surface area contributed by atoms with Crippen molar-refractivity contribution in [1.29, 1.82) is 5.26 Å². The van der Waals surface area contributed by atoms with Crippen LogP contribution in [0.4, 0.5) is 0 Å². The summed E-state index contributed by atoms with van der Waals surface area (Å²) < 4.78 is 0. The molecule has 130 valence electrons. The monoisotopic (exact) mass is 344 g/mol. The average Bonchev–Trinajstić information content (AvgIpc) is 3.27. The first kappa shape index (κ1) is 16.4. The summed E-state index contributed by atoms with van der Waals surface area (Å²) in [7, 11) is 0. The van der Waals surface area contributed by atoms with E-state index in [1.54, 1.807) is 19.1 Å². The quantitative estimate of drug-likeness (QED) is 0.524. The molecule has 2 aromatic heterocycles. The number of nitrogens with one attached hydrogen (secondary N) is 2. The summed E-state index contributed by atoms with van der Waals surface area (Å²) in [5, 5.41) is 21.6. The number of aryl methyl sites for hydroxylation is 2. The van der Waals surface area contributed by atoms with Gasteiger partial charge in [0.2, 0.25) is 0 Å². The van der Waals surface area contributed by atoms with Crippen molar-refractivity contribution in [3.05, 3.63) is 64.6 Å². The summed E-state index contributed by atoms with van der Waals surface area (Å²) in [5.74, 6) is 0.476. The number of imidazole rings is 1. The first-order valence-corrected chi connectivity index (χ1v) is 8.68. The van der Waals surface area contributed by atoms with Crippen molar-refractivity contribution in [3.8, 4) is 6.07 Å². The summed E-state index contributed by atoms with van der Waals surface area (Å²) in [5.41, 5.74) is 4.88. The van der Waals surface area contributed by atoms with Crippen LogP contribution in [0.1, 0.15) is 41.9 Å². The lowest BCUT2D eigenvalue weighted by Gasteiger charge is -2.26. The van der Waals surface area contributed by atoms with Crippen LogP contribution >= 0.6 is 0 Å². The van der Waals surface area contributed by atoms with E-state index >= 15 is 0 Å². The molecule has 26 heavy (non-hydrogen) atoms. The van der Waals surface area contributed by atoms with Crippen LogP contribution in [0.25, 0.3) is 21.9 Å². The number of aromatic amines is 2. The van der Waals surface area contributed by atoms with Crippen LogP contribution in [-0.4, -0.2) is 20.1 Å². The molecule has 5 heteroatoms. The summed E-state index contributed by atoms with van der Waals surface area (Å²) in [4.78, 5) is 11.1. The van der Waals surface area contributed by atoms with Gasteiger partial charge in [0, 0.05) is 22.7 Å². The molecule has 0 aliphatic rings. The van der Waals surface area contributed by atoms with E-state index in [0.29, 0.717) is 16.9 Å². The highest BCUT2D eigenvalue weighted by Crippen LogP contribution is 2.37. The molecule has 3 N–H and O–H groups in total. The fourth-order valence-electron chi connectivity index (χ4n) is 3.76. The molecule has 1 unspecified atom stereocenters. The van der Waals surface area contributed by atoms with Gasteiger partial charge in [-0.3, -0.25) is 0 Å². The van der Waals surface area contributed by atoms with Crippen LogP contribution in [0, 0.1) is 18.3 Å². The molecule has 0 fully saturated rings. The maximum absolute atomic E-state index is 11.5. The smallest absolute Gasteiger partial charge is 0.145 e. The number of aliphatic hydroxyl groups is 1. The van der Waals surface area contributed by atoms with Gasteiger partial charge in [-0.05, 0) is 55.7 Å². The van der Waals surface area contributed by atoms with Gasteiger partial charge in [-0.15, -0.1) is 0 Å². The van der Waals surface area contributed by atoms with Crippen LogP contribution < -0.4 is 0 Å². The lowest BCUT2D eigenvalue weighted by Crippen LogP contribution is -2.26. The number of benzene rings is 2. The number of nitriles is 1. The minimum Gasteiger partial charge on any atom is -0.377 e. The summed E-state index contributed by atoms with van der Waals surface area (Å²) in [6.45, 7) is 5.93. The van der Waals surface area contributed by atoms with Gasteiger partial charge in [0.15, 0.2) is 0 Å². The van der Waals surface area contributed by atoms with E-state index in [-0.39, 0.29) is 0 Å². The molecule has 1 atom stereocenters. The fraction of sp³-hybridized carbons (Fsp3) is 0.238. The van der Waals surface area contributed by atoms with Crippen molar-refractivity contribution in [3.63, 3.8) is 0 Å². The molecule has 0 radical (unpaired) electrons. The number of hydrogen-bond donors (Lipinski definition) is 3. The molecule has 0 saturated carbocycles. The molecule has 0 bridgehead atoms. The van der Waals surface area contributed by atoms with E-state index in [4.69, 9.17) is 5.26 Å². The number of nitrogens with zero attached hydrogens (tertiary/aromatic N) is 2. The van der Waals surface area contributed by atoms with Gasteiger partial charge in [-0.2, -0.15) is 5.26 Å². The molecular formula is C21H20N4O. The Morgan fingerprint density at radius 2 is 2.08 bits per heavy atom. The number of rotatable bonds is 3. The van der Waals surface area contributed by atoms with Crippen LogP contribution in [0.2, 0.25) is 0 Å². The van der Waals surface area contributed by atoms with Gasteiger partial charge >= 0.3 is 0 Å². The zero-order chi connectivity index (χ0) is 18.5. The van der Waals surface area contributed by atoms with Crippen molar-refractivity contribution >= 4 is 21.9 Å². The molecule has 5 nitrogen and oxygen atoms in total. The summed E-state index contributed by atoms with van der Waals surface area (Å²) >= 11 is 0. The fourth-order valence-corrected chi connectivity index (χ4v) is 3.76. The van der Waals surface area contributed by atoms with E-state index in [1.165, 1.54) is 0 Å². The molecule has 0 saturated heterocycles. The Morgan fingerprint density at radius 3 is 2.81 bits per heavy atom. The Bertz CT molecular complexity index is 1170. The molecule has 0 amide bonds. The van der Waals surface area contributed by atoms with Gasteiger partial charge < -0.3 is 15.1 Å². The summed E-state index contributed by atoms with van der Waals surface area (Å²) in [6.07, 6.45) is 2.71. The summed E-state index contributed by atoms with van der Waals surface area (Å²) in [6, 6.07) is 11.5. The van der Waals surface area contributed by atoms with Crippen LogP contribution in [0.5, 0.6) is 0 Å². The van der Waals surface area contributed by atoms with Gasteiger partial charge in [-0.25, -0.2) is 4.98 Å². The van der Waals surface area contributed by atoms with Gasteiger partial charge in [0.1, 0.15) is 11.4 Å². The van der Waals surface area contributed by atoms with E-state index < -0.39 is 5.60 Å². The Balaban J connectivity index is 1.97. The molecule has 2 aromatic carbocycles. The second kappa shape index (κ2) is 5.72. The highest BCUT2D eigenvalue weighted by atomic mass is 16.3. The largest absolute Gasteiger partial charge is 0.377 e. The van der Waals surface area contributed by atoms with E-state index in [0.717, 1.165) is 39.5 Å². The van der Waals surface area contributed by atoms with E-state index in [9.17, 15) is 5.11 Å². The lowest BCUT2D eigenvalue weighted by atomic mass is 9.85. The first-order chi connectivity index (χ1) is 12.5. The third-order valence-electron chi connectivity index (χ3n) is 5.06. The maximum Gasteiger partial charge on any atom is 0.145 e. The zero-order valence-electron chi connectivity index (χ0n) is 15.0. The van der Waals surface area contributed by atoms with Crippen molar-refractivity contribution in [2.24, 2.45) is 0 Å². The Hall–Kier alpha value is -3.10. The molecular weight excluding hydrogens is 324 g/mol. The van der Waals surface area contributed by atoms with Crippen LogP contribution in [0.15, 0.2) is 36.5 Å². The third-order valence-corrected chi connectivity index (χ3v) is 5.06. The minimum atomic E-state index is -1.29. The minimum absolute atomic E-state index is 0.476. The van der Waals surface area contributed by atoms with E-state index in [2.05, 4.69) is 40.9 Å². The Labute approximate surface area is 151 Å². The number of H-pyrrole nitrogens is 2. The highest BCUT2D eigenvalue weighted by Gasteiger charge is 2.33. The normalized spacial score (nSPS) is 13.8. The van der Waals surface area contributed by atoms with Gasteiger partial charge in [0.05, 0.1) is 22.7 Å². The molecule has 2 heterocycles. The number of hydrogen-bond acceptors (Lipinski definition) is 3. The third kappa shape index (κ3) is 2.31. The number of aromatic nitrogens is 3. The first-order valence-electron chi connectivity index (χ1n) is 8.68. The number of fused-ring (bicyclic) bond motifs is 2. The van der Waals surface area contributed by atoms with Crippen molar-refractivity contribution in [2.75, 3.05) is 0 Å². The average molecular weight is 344 g/mol. The highest BCUT2D eigenvalue weighted by molar-refractivity contribution is 5.88. The zero-order valence-corrected chi connectivity index (χ0v) is 15.0. The van der Waals surface area contributed by atoms with Crippen LogP contribution in [-0.2, 0) is 12.0 Å². The van der Waals surface area contributed by atoms with Crippen molar-refractivity contribution < 1.29 is 5.11 Å². The molecule has 0 aliphatic carbocycles.